The number of aryl methyl sites for hydroxylation is 1. The van der Waals surface area contributed by atoms with E-state index in [-0.39, 0.29) is 17.5 Å². The van der Waals surface area contributed by atoms with Crippen LogP contribution in [0.1, 0.15) is 52.6 Å². The standard InChI is InChI=1S/C22H25N5O4/c1-13-14(2)23-19-12-17(25-27(19)20(13)28)18-10-6-7-11-26(18)21(29)15-8-4-5-9-16(15)24-22(30)31-3/h4-5,8-9,12,18,23H,6-7,10-11H2,1-3H3,(H,24,30)/t18-/m0/s1. The number of carbonyl (C=O) groups is 2. The number of likely N-dealkylation sites (tertiary alicyclic amines) is 1. The quantitative estimate of drug-likeness (QED) is 0.673. The summed E-state index contributed by atoms with van der Waals surface area (Å²) < 4.78 is 6.03. The normalized spacial score (nSPS) is 16.4. The highest BCUT2D eigenvalue weighted by Gasteiger charge is 2.32. The van der Waals surface area contributed by atoms with Crippen molar-refractivity contribution in [3.63, 3.8) is 0 Å². The smallest absolute Gasteiger partial charge is 0.411 e. The van der Waals surface area contributed by atoms with Gasteiger partial charge in [-0.3, -0.25) is 14.9 Å². The molecular weight excluding hydrogens is 398 g/mol. The van der Waals surface area contributed by atoms with Crippen LogP contribution in [0.25, 0.3) is 5.65 Å². The van der Waals surface area contributed by atoms with Gasteiger partial charge in [-0.1, -0.05) is 12.1 Å². The lowest BCUT2D eigenvalue weighted by molar-refractivity contribution is 0.0606. The molecule has 0 aliphatic carbocycles. The fourth-order valence-electron chi connectivity index (χ4n) is 3.99. The Hall–Kier alpha value is -3.62. The van der Waals surface area contributed by atoms with Crippen LogP contribution in [-0.4, -0.2) is 45.2 Å². The Morgan fingerprint density at radius 3 is 2.77 bits per heavy atom. The largest absolute Gasteiger partial charge is 0.453 e. The highest BCUT2D eigenvalue weighted by molar-refractivity contribution is 6.02. The molecule has 2 N–H and O–H groups in total. The minimum Gasteiger partial charge on any atom is -0.453 e. The summed E-state index contributed by atoms with van der Waals surface area (Å²) in [5, 5.41) is 7.14. The van der Waals surface area contributed by atoms with E-state index in [0.29, 0.717) is 34.7 Å². The first kappa shape index (κ1) is 20.6. The van der Waals surface area contributed by atoms with Crippen LogP contribution in [0, 0.1) is 13.8 Å². The molecule has 1 fully saturated rings. The van der Waals surface area contributed by atoms with E-state index in [1.165, 1.54) is 11.6 Å². The van der Waals surface area contributed by atoms with Gasteiger partial charge >= 0.3 is 6.09 Å². The summed E-state index contributed by atoms with van der Waals surface area (Å²) in [6, 6.07) is 8.42. The molecular formula is C22H25N5O4. The third kappa shape index (κ3) is 3.78. The number of fused-ring (bicyclic) bond motifs is 1. The van der Waals surface area contributed by atoms with Gasteiger partial charge in [0.1, 0.15) is 5.65 Å². The molecule has 31 heavy (non-hydrogen) atoms. The summed E-state index contributed by atoms with van der Waals surface area (Å²) in [6.07, 6.45) is 1.93. The number of anilines is 1. The average Bonchev–Trinajstić information content (AvgIpc) is 3.21. The number of aromatic amines is 1. The highest BCUT2D eigenvalue weighted by atomic mass is 16.5. The van der Waals surface area contributed by atoms with Crippen LogP contribution in [-0.2, 0) is 4.74 Å². The van der Waals surface area contributed by atoms with Gasteiger partial charge in [0.25, 0.3) is 11.5 Å². The van der Waals surface area contributed by atoms with Crippen molar-refractivity contribution in [1.82, 2.24) is 19.5 Å². The number of amides is 2. The molecule has 1 aliphatic heterocycles. The molecule has 0 bridgehead atoms. The zero-order valence-corrected chi connectivity index (χ0v) is 17.8. The number of nitrogens with one attached hydrogen (secondary N) is 2. The molecule has 3 aromatic rings. The van der Waals surface area contributed by atoms with Gasteiger partial charge in [-0.2, -0.15) is 9.61 Å². The van der Waals surface area contributed by atoms with E-state index in [1.54, 1.807) is 36.1 Å². The van der Waals surface area contributed by atoms with Crippen LogP contribution in [0.5, 0.6) is 0 Å². The first-order chi connectivity index (χ1) is 14.9. The second kappa shape index (κ2) is 8.25. The molecule has 3 heterocycles. The van der Waals surface area contributed by atoms with Crippen LogP contribution in [0.2, 0.25) is 0 Å². The van der Waals surface area contributed by atoms with E-state index in [1.807, 2.05) is 13.0 Å². The van der Waals surface area contributed by atoms with Gasteiger partial charge in [0.05, 0.1) is 30.1 Å². The third-order valence-corrected chi connectivity index (χ3v) is 5.80. The molecule has 0 spiro atoms. The van der Waals surface area contributed by atoms with Crippen molar-refractivity contribution in [3.05, 3.63) is 63.2 Å². The van der Waals surface area contributed by atoms with E-state index in [9.17, 15) is 14.4 Å². The molecule has 1 aliphatic rings. The molecule has 1 aromatic carbocycles. The van der Waals surface area contributed by atoms with Crippen LogP contribution in [0.3, 0.4) is 0 Å². The molecule has 1 atom stereocenters. The average molecular weight is 423 g/mol. The molecule has 0 radical (unpaired) electrons. The second-order valence-electron chi connectivity index (χ2n) is 7.72. The SMILES string of the molecule is COC(=O)Nc1ccccc1C(=O)N1CCCC[C@H]1c1cc2[nH]c(C)c(C)c(=O)n2n1. The Balaban J connectivity index is 1.71. The Morgan fingerprint density at radius 2 is 2.00 bits per heavy atom. The summed E-state index contributed by atoms with van der Waals surface area (Å²) in [4.78, 5) is 42.8. The summed E-state index contributed by atoms with van der Waals surface area (Å²) in [5.74, 6) is -0.201. The van der Waals surface area contributed by atoms with E-state index >= 15 is 0 Å². The number of hydrogen-bond acceptors (Lipinski definition) is 5. The number of benzene rings is 1. The fourth-order valence-corrected chi connectivity index (χ4v) is 3.99. The maximum atomic E-state index is 13.5. The van der Waals surface area contributed by atoms with Crippen LogP contribution < -0.4 is 10.9 Å². The predicted octanol–water partition coefficient (Wildman–Crippen LogP) is 3.19. The third-order valence-electron chi connectivity index (χ3n) is 5.80. The Kier molecular flexibility index (Phi) is 5.50. The van der Waals surface area contributed by atoms with Crippen LogP contribution in [0.15, 0.2) is 35.1 Å². The van der Waals surface area contributed by atoms with E-state index in [0.717, 1.165) is 25.0 Å². The number of aromatic nitrogens is 3. The topological polar surface area (TPSA) is 109 Å². The van der Waals surface area contributed by atoms with Crippen molar-refractivity contribution in [3.8, 4) is 0 Å². The van der Waals surface area contributed by atoms with Gasteiger partial charge in [0.15, 0.2) is 0 Å². The maximum Gasteiger partial charge on any atom is 0.411 e. The lowest BCUT2D eigenvalue weighted by Gasteiger charge is -2.35. The number of ether oxygens (including phenoxy) is 1. The van der Waals surface area contributed by atoms with Crippen molar-refractivity contribution in [2.75, 3.05) is 19.0 Å². The molecule has 9 nitrogen and oxygen atoms in total. The van der Waals surface area contributed by atoms with E-state index in [2.05, 4.69) is 20.1 Å². The molecule has 2 aromatic heterocycles. The highest BCUT2D eigenvalue weighted by Crippen LogP contribution is 2.33. The number of methoxy groups -OCH3 is 1. The van der Waals surface area contributed by atoms with Crippen LogP contribution in [0.4, 0.5) is 10.5 Å². The Morgan fingerprint density at radius 1 is 1.23 bits per heavy atom. The zero-order chi connectivity index (χ0) is 22.1. The van der Waals surface area contributed by atoms with E-state index in [4.69, 9.17) is 0 Å². The first-order valence-corrected chi connectivity index (χ1v) is 10.2. The van der Waals surface area contributed by atoms with Crippen molar-refractivity contribution >= 4 is 23.3 Å². The van der Waals surface area contributed by atoms with E-state index < -0.39 is 6.09 Å². The van der Waals surface area contributed by atoms with Crippen molar-refractivity contribution < 1.29 is 14.3 Å². The number of H-pyrrole nitrogens is 1. The molecule has 1 saturated heterocycles. The minimum absolute atomic E-state index is 0.168. The number of carbonyl (C=O) groups excluding carboxylic acids is 2. The van der Waals surface area contributed by atoms with Crippen LogP contribution >= 0.6 is 0 Å². The molecule has 0 saturated carbocycles. The van der Waals surface area contributed by atoms with Gasteiger partial charge in [0, 0.05) is 23.9 Å². The Labute approximate surface area is 179 Å². The molecule has 2 amide bonds. The summed E-state index contributed by atoms with van der Waals surface area (Å²) in [6.45, 7) is 4.18. The number of nitrogens with zero attached hydrogens (tertiary/aromatic N) is 3. The molecule has 162 valence electrons. The zero-order valence-electron chi connectivity index (χ0n) is 17.8. The van der Waals surface area contributed by atoms with Crippen molar-refractivity contribution in [1.29, 1.82) is 0 Å². The van der Waals surface area contributed by atoms with Gasteiger partial charge < -0.3 is 14.6 Å². The van der Waals surface area contributed by atoms with Gasteiger partial charge in [0.2, 0.25) is 0 Å². The molecule has 0 unspecified atom stereocenters. The van der Waals surface area contributed by atoms with Crippen molar-refractivity contribution in [2.45, 2.75) is 39.2 Å². The second-order valence-corrected chi connectivity index (χ2v) is 7.72. The fraction of sp³-hybridized carbons (Fsp3) is 0.364. The number of piperidine rings is 1. The lowest BCUT2D eigenvalue weighted by atomic mass is 9.98. The van der Waals surface area contributed by atoms with Gasteiger partial charge in [-0.05, 0) is 45.2 Å². The Bertz CT molecular complexity index is 1210. The first-order valence-electron chi connectivity index (χ1n) is 10.2. The van der Waals surface area contributed by atoms with Gasteiger partial charge in [-0.15, -0.1) is 0 Å². The van der Waals surface area contributed by atoms with Crippen molar-refractivity contribution in [2.24, 2.45) is 0 Å². The molecule has 9 heteroatoms. The summed E-state index contributed by atoms with van der Waals surface area (Å²) in [5.41, 5.74) is 3.29. The monoisotopic (exact) mass is 423 g/mol. The minimum atomic E-state index is -0.639. The summed E-state index contributed by atoms with van der Waals surface area (Å²) >= 11 is 0. The maximum absolute atomic E-state index is 13.5. The molecule has 4 rings (SSSR count). The number of para-hydroxylation sites is 1. The van der Waals surface area contributed by atoms with Gasteiger partial charge in [-0.25, -0.2) is 4.79 Å². The number of rotatable bonds is 3. The predicted molar refractivity (Wildman–Crippen MR) is 115 cm³/mol. The number of hydrogen-bond donors (Lipinski definition) is 2. The summed E-state index contributed by atoms with van der Waals surface area (Å²) in [7, 11) is 1.27. The lowest BCUT2D eigenvalue weighted by Crippen LogP contribution is -2.39.